The lowest BCUT2D eigenvalue weighted by molar-refractivity contribution is 0.669. The minimum atomic E-state index is 0.860. The summed E-state index contributed by atoms with van der Waals surface area (Å²) in [7, 11) is 0. The third-order valence-electron chi connectivity index (χ3n) is 10.3. The van der Waals surface area contributed by atoms with E-state index < -0.39 is 0 Å². The van der Waals surface area contributed by atoms with Gasteiger partial charge in [-0.3, -0.25) is 0 Å². The van der Waals surface area contributed by atoms with Crippen LogP contribution in [0.3, 0.4) is 0 Å². The molecule has 0 saturated heterocycles. The Morgan fingerprint density at radius 3 is 1.71 bits per heavy atom. The highest BCUT2D eigenvalue weighted by Gasteiger charge is 2.24. The molecule has 0 aliphatic carbocycles. The number of hydrogen-bond donors (Lipinski definition) is 0. The van der Waals surface area contributed by atoms with Crippen LogP contribution in [0.4, 0.5) is 17.1 Å². The van der Waals surface area contributed by atoms with E-state index in [0.717, 1.165) is 44.4 Å². The standard InChI is InChI=1S/C50H33NO/c1-3-15-35(16-4-1)45-33-47(41-22-9-10-24-43(41)49(45)37-18-5-2-6-19-37)51(46-27-14-26-44-42-23-11-12-28-48(42)52-50(44)46)38-31-29-36(30-32-38)40-25-13-20-34-17-7-8-21-39(34)40/h1-33H. The second-order valence-electron chi connectivity index (χ2n) is 13.3. The molecule has 0 radical (unpaired) electrons. The molecule has 2 nitrogen and oxygen atoms in total. The van der Waals surface area contributed by atoms with Gasteiger partial charge in [0, 0.05) is 21.8 Å². The van der Waals surface area contributed by atoms with Gasteiger partial charge in [0.25, 0.3) is 0 Å². The van der Waals surface area contributed by atoms with Crippen LogP contribution in [0.1, 0.15) is 0 Å². The Bertz CT molecular complexity index is 2880. The second-order valence-corrected chi connectivity index (χ2v) is 13.3. The largest absolute Gasteiger partial charge is 0.454 e. The third kappa shape index (κ3) is 4.96. The van der Waals surface area contributed by atoms with E-state index in [9.17, 15) is 0 Å². The molecule has 0 fully saturated rings. The number of nitrogens with zero attached hydrogens (tertiary/aromatic N) is 1. The molecule has 0 unspecified atom stereocenters. The summed E-state index contributed by atoms with van der Waals surface area (Å²) < 4.78 is 6.73. The Hall–Kier alpha value is -6.90. The normalized spacial score (nSPS) is 11.5. The zero-order valence-electron chi connectivity index (χ0n) is 28.4. The first-order valence-electron chi connectivity index (χ1n) is 17.8. The fourth-order valence-corrected chi connectivity index (χ4v) is 7.89. The number of fused-ring (bicyclic) bond motifs is 5. The molecule has 9 aromatic carbocycles. The van der Waals surface area contributed by atoms with Crippen molar-refractivity contribution in [1.29, 1.82) is 0 Å². The van der Waals surface area contributed by atoms with Gasteiger partial charge < -0.3 is 9.32 Å². The van der Waals surface area contributed by atoms with Crippen molar-refractivity contribution in [3.63, 3.8) is 0 Å². The maximum atomic E-state index is 6.73. The smallest absolute Gasteiger partial charge is 0.159 e. The van der Waals surface area contributed by atoms with Gasteiger partial charge in [0.1, 0.15) is 5.58 Å². The van der Waals surface area contributed by atoms with Crippen molar-refractivity contribution < 1.29 is 4.42 Å². The van der Waals surface area contributed by atoms with E-state index in [4.69, 9.17) is 4.42 Å². The second kappa shape index (κ2) is 12.5. The Labute approximate surface area is 302 Å². The van der Waals surface area contributed by atoms with Crippen molar-refractivity contribution in [3.8, 4) is 33.4 Å². The van der Waals surface area contributed by atoms with E-state index >= 15 is 0 Å². The first-order valence-corrected chi connectivity index (χ1v) is 17.8. The number of rotatable bonds is 6. The monoisotopic (exact) mass is 663 g/mol. The Balaban J connectivity index is 1.27. The molecule has 10 aromatic rings. The number of anilines is 3. The fourth-order valence-electron chi connectivity index (χ4n) is 7.89. The lowest BCUT2D eigenvalue weighted by Crippen LogP contribution is -2.11. The Morgan fingerprint density at radius 1 is 0.346 bits per heavy atom. The van der Waals surface area contributed by atoms with Gasteiger partial charge in [-0.05, 0) is 79.9 Å². The third-order valence-corrected chi connectivity index (χ3v) is 10.3. The highest BCUT2D eigenvalue weighted by atomic mass is 16.3. The van der Waals surface area contributed by atoms with E-state index in [2.05, 4.69) is 199 Å². The van der Waals surface area contributed by atoms with Crippen molar-refractivity contribution in [2.75, 3.05) is 4.90 Å². The summed E-state index contributed by atoms with van der Waals surface area (Å²) >= 11 is 0. The van der Waals surface area contributed by atoms with Crippen molar-refractivity contribution in [1.82, 2.24) is 0 Å². The molecule has 0 aliphatic heterocycles. The number of hydrogen-bond acceptors (Lipinski definition) is 2. The maximum absolute atomic E-state index is 6.73. The van der Waals surface area contributed by atoms with E-state index in [-0.39, 0.29) is 0 Å². The summed E-state index contributed by atoms with van der Waals surface area (Å²) in [6.45, 7) is 0. The van der Waals surface area contributed by atoms with Crippen LogP contribution in [0.15, 0.2) is 205 Å². The van der Waals surface area contributed by atoms with Crippen molar-refractivity contribution in [2.24, 2.45) is 0 Å². The van der Waals surface area contributed by atoms with Crippen molar-refractivity contribution in [2.45, 2.75) is 0 Å². The van der Waals surface area contributed by atoms with Crippen LogP contribution in [-0.2, 0) is 0 Å². The van der Waals surface area contributed by atoms with Gasteiger partial charge in [0.2, 0.25) is 0 Å². The highest BCUT2D eigenvalue weighted by molar-refractivity contribution is 6.15. The molecule has 1 heterocycles. The van der Waals surface area contributed by atoms with Crippen LogP contribution < -0.4 is 4.90 Å². The molecule has 244 valence electrons. The van der Waals surface area contributed by atoms with Crippen LogP contribution >= 0.6 is 0 Å². The van der Waals surface area contributed by atoms with Gasteiger partial charge in [0.15, 0.2) is 5.58 Å². The van der Waals surface area contributed by atoms with Crippen LogP contribution in [0, 0.1) is 0 Å². The zero-order chi connectivity index (χ0) is 34.4. The molecule has 0 spiro atoms. The lowest BCUT2D eigenvalue weighted by atomic mass is 9.88. The molecule has 52 heavy (non-hydrogen) atoms. The molecule has 2 heteroatoms. The zero-order valence-corrected chi connectivity index (χ0v) is 28.4. The minimum absolute atomic E-state index is 0.860. The molecule has 0 aliphatic rings. The average molecular weight is 664 g/mol. The molecular weight excluding hydrogens is 631 g/mol. The average Bonchev–Trinajstić information content (AvgIpc) is 3.61. The number of benzene rings is 9. The molecule has 0 amide bonds. The fraction of sp³-hybridized carbons (Fsp3) is 0. The summed E-state index contributed by atoms with van der Waals surface area (Å²) in [5.41, 5.74) is 12.0. The highest BCUT2D eigenvalue weighted by Crippen LogP contribution is 2.49. The van der Waals surface area contributed by atoms with Crippen LogP contribution in [0.5, 0.6) is 0 Å². The SMILES string of the molecule is c1ccc(-c2cc(N(c3ccc(-c4cccc5ccccc45)cc3)c3cccc4c3oc3ccccc34)c3ccccc3c2-c2ccccc2)cc1. The summed E-state index contributed by atoms with van der Waals surface area (Å²) in [4.78, 5) is 2.39. The summed E-state index contributed by atoms with van der Waals surface area (Å²) in [5, 5.41) is 7.04. The molecule has 1 aromatic heterocycles. The van der Waals surface area contributed by atoms with Crippen molar-refractivity contribution >= 4 is 60.5 Å². The molecular formula is C50H33NO. The molecule has 0 bridgehead atoms. The predicted molar refractivity (Wildman–Crippen MR) is 220 cm³/mol. The van der Waals surface area contributed by atoms with Gasteiger partial charge in [-0.15, -0.1) is 0 Å². The molecule has 0 saturated carbocycles. The van der Waals surface area contributed by atoms with Gasteiger partial charge in [0.05, 0.1) is 11.4 Å². The topological polar surface area (TPSA) is 16.4 Å². The summed E-state index contributed by atoms with van der Waals surface area (Å²) in [6, 6.07) is 71.7. The molecule has 0 atom stereocenters. The molecule has 10 rings (SSSR count). The van der Waals surface area contributed by atoms with Crippen LogP contribution in [-0.4, -0.2) is 0 Å². The quantitative estimate of drug-likeness (QED) is 0.176. The maximum Gasteiger partial charge on any atom is 0.159 e. The number of para-hydroxylation sites is 2. The van der Waals surface area contributed by atoms with Gasteiger partial charge in [-0.2, -0.15) is 0 Å². The van der Waals surface area contributed by atoms with E-state index in [1.807, 2.05) is 6.07 Å². The minimum Gasteiger partial charge on any atom is -0.454 e. The van der Waals surface area contributed by atoms with E-state index in [0.29, 0.717) is 0 Å². The van der Waals surface area contributed by atoms with Gasteiger partial charge in [-0.1, -0.05) is 170 Å². The number of furan rings is 1. The lowest BCUT2D eigenvalue weighted by Gasteiger charge is -2.29. The predicted octanol–water partition coefficient (Wildman–Crippen LogP) is 14.4. The Morgan fingerprint density at radius 2 is 0.923 bits per heavy atom. The first kappa shape index (κ1) is 30.0. The van der Waals surface area contributed by atoms with E-state index in [1.54, 1.807) is 0 Å². The first-order chi connectivity index (χ1) is 25.8. The Kier molecular flexibility index (Phi) is 7.18. The van der Waals surface area contributed by atoms with E-state index in [1.165, 1.54) is 49.5 Å². The van der Waals surface area contributed by atoms with Gasteiger partial charge >= 0.3 is 0 Å². The van der Waals surface area contributed by atoms with Crippen LogP contribution in [0.2, 0.25) is 0 Å². The van der Waals surface area contributed by atoms with Crippen LogP contribution in [0.25, 0.3) is 76.9 Å². The van der Waals surface area contributed by atoms with Crippen molar-refractivity contribution in [3.05, 3.63) is 200 Å². The summed E-state index contributed by atoms with van der Waals surface area (Å²) in [5.74, 6) is 0. The van der Waals surface area contributed by atoms with Gasteiger partial charge in [-0.25, -0.2) is 0 Å². The molecule has 0 N–H and O–H groups in total. The summed E-state index contributed by atoms with van der Waals surface area (Å²) in [6.07, 6.45) is 0.